The minimum absolute atomic E-state index is 1.01. The Morgan fingerprint density at radius 3 is 1.45 bits per heavy atom. The lowest BCUT2D eigenvalue weighted by atomic mass is 9.80. The Hall–Kier alpha value is -0.0800. The van der Waals surface area contributed by atoms with Gasteiger partial charge in [0.15, 0.2) is 0 Å². The van der Waals surface area contributed by atoms with Crippen molar-refractivity contribution in [1.82, 2.24) is 9.80 Å². The summed E-state index contributed by atoms with van der Waals surface area (Å²) < 4.78 is 0. The molecule has 2 saturated heterocycles. The van der Waals surface area contributed by atoms with E-state index < -0.39 is 0 Å². The minimum Gasteiger partial charge on any atom is -0.303 e. The molecule has 0 spiro atoms. The van der Waals surface area contributed by atoms with E-state index in [0.717, 1.165) is 11.8 Å². The van der Waals surface area contributed by atoms with Crippen molar-refractivity contribution in [2.24, 2.45) is 11.8 Å². The molecule has 2 heterocycles. The number of rotatable bonds is 4. The molecule has 3 aliphatic rings. The van der Waals surface area contributed by atoms with Crippen LogP contribution in [0.5, 0.6) is 0 Å². The molecule has 0 aromatic heterocycles. The molecule has 20 heavy (non-hydrogen) atoms. The second-order valence-electron chi connectivity index (χ2n) is 7.62. The Kier molecular flexibility index (Phi) is 5.78. The Balaban J connectivity index is 1.41. The maximum Gasteiger partial charge on any atom is 0.000977 e. The van der Waals surface area contributed by atoms with E-state index in [1.54, 1.807) is 0 Å². The highest BCUT2D eigenvalue weighted by atomic mass is 15.1. The molecule has 2 unspecified atom stereocenters. The van der Waals surface area contributed by atoms with Gasteiger partial charge in [0.1, 0.15) is 0 Å². The van der Waals surface area contributed by atoms with Crippen molar-refractivity contribution in [2.75, 3.05) is 39.3 Å². The normalized spacial score (nSPS) is 34.2. The van der Waals surface area contributed by atoms with Crippen LogP contribution >= 0.6 is 0 Å². The van der Waals surface area contributed by atoms with Crippen LogP contribution < -0.4 is 0 Å². The smallest absolute Gasteiger partial charge is 0.000977 e. The first-order valence-corrected chi connectivity index (χ1v) is 9.35. The van der Waals surface area contributed by atoms with Crippen LogP contribution in [0.25, 0.3) is 0 Å². The molecule has 3 rings (SSSR count). The number of likely N-dealkylation sites (tertiary alicyclic amines) is 2. The highest BCUT2D eigenvalue weighted by Crippen LogP contribution is 2.31. The van der Waals surface area contributed by atoms with Crippen molar-refractivity contribution < 1.29 is 0 Å². The Bertz CT molecular complexity index is 241. The number of piperidine rings is 2. The molecule has 0 aromatic carbocycles. The van der Waals surface area contributed by atoms with Gasteiger partial charge in [-0.3, -0.25) is 0 Å². The van der Waals surface area contributed by atoms with Gasteiger partial charge in [0.25, 0.3) is 0 Å². The predicted octanol–water partition coefficient (Wildman–Crippen LogP) is 3.76. The van der Waals surface area contributed by atoms with Crippen molar-refractivity contribution >= 4 is 0 Å². The number of hydrogen-bond donors (Lipinski definition) is 0. The monoisotopic (exact) mass is 278 g/mol. The summed E-state index contributed by atoms with van der Waals surface area (Å²) in [5.41, 5.74) is 0. The molecule has 0 aromatic rings. The second kappa shape index (κ2) is 7.79. The van der Waals surface area contributed by atoms with Gasteiger partial charge in [0, 0.05) is 13.1 Å². The maximum absolute atomic E-state index is 2.76. The van der Waals surface area contributed by atoms with Crippen molar-refractivity contribution in [1.29, 1.82) is 0 Å². The van der Waals surface area contributed by atoms with E-state index in [1.165, 1.54) is 103 Å². The lowest BCUT2D eigenvalue weighted by Crippen LogP contribution is -2.39. The fourth-order valence-corrected chi connectivity index (χ4v) is 4.75. The molecule has 0 radical (unpaired) electrons. The SMILES string of the molecule is C1CCN(CC2CCCC(CN3CCCCC3)C2)CC1. The molecule has 2 aliphatic heterocycles. The molecule has 0 bridgehead atoms. The summed E-state index contributed by atoms with van der Waals surface area (Å²) in [5, 5.41) is 0. The average Bonchev–Trinajstić information content (AvgIpc) is 2.50. The molecule has 2 atom stereocenters. The zero-order valence-electron chi connectivity index (χ0n) is 13.4. The van der Waals surface area contributed by atoms with Crippen molar-refractivity contribution in [3.63, 3.8) is 0 Å². The molecule has 116 valence electrons. The van der Waals surface area contributed by atoms with E-state index in [4.69, 9.17) is 0 Å². The molecular formula is C18H34N2. The second-order valence-corrected chi connectivity index (χ2v) is 7.62. The lowest BCUT2D eigenvalue weighted by Gasteiger charge is -2.37. The molecule has 2 heteroatoms. The van der Waals surface area contributed by atoms with E-state index in [1.807, 2.05) is 0 Å². The molecule has 0 N–H and O–H groups in total. The van der Waals surface area contributed by atoms with E-state index in [2.05, 4.69) is 9.80 Å². The van der Waals surface area contributed by atoms with Crippen LogP contribution in [0.15, 0.2) is 0 Å². The third-order valence-electron chi connectivity index (χ3n) is 5.82. The fourth-order valence-electron chi connectivity index (χ4n) is 4.75. The zero-order chi connectivity index (χ0) is 13.6. The fraction of sp³-hybridized carbons (Fsp3) is 1.00. The topological polar surface area (TPSA) is 6.48 Å². The summed E-state index contributed by atoms with van der Waals surface area (Å²) in [5.74, 6) is 2.02. The van der Waals surface area contributed by atoms with Crippen LogP contribution in [-0.2, 0) is 0 Å². The largest absolute Gasteiger partial charge is 0.303 e. The molecule has 1 saturated carbocycles. The van der Waals surface area contributed by atoms with Gasteiger partial charge in [-0.05, 0) is 83.0 Å². The summed E-state index contributed by atoms with van der Waals surface area (Å²) in [6.07, 6.45) is 14.8. The minimum atomic E-state index is 1.01. The van der Waals surface area contributed by atoms with Crippen LogP contribution in [0.4, 0.5) is 0 Å². The Morgan fingerprint density at radius 1 is 0.550 bits per heavy atom. The molecule has 2 nitrogen and oxygen atoms in total. The van der Waals surface area contributed by atoms with Crippen molar-refractivity contribution in [2.45, 2.75) is 64.2 Å². The highest BCUT2D eigenvalue weighted by molar-refractivity contribution is 4.79. The van der Waals surface area contributed by atoms with Gasteiger partial charge < -0.3 is 9.80 Å². The van der Waals surface area contributed by atoms with Gasteiger partial charge in [-0.15, -0.1) is 0 Å². The Labute approximate surface area is 125 Å². The first kappa shape index (κ1) is 14.8. The first-order chi connectivity index (χ1) is 9.90. The van der Waals surface area contributed by atoms with Crippen LogP contribution in [0.1, 0.15) is 64.2 Å². The number of nitrogens with zero attached hydrogens (tertiary/aromatic N) is 2. The van der Waals surface area contributed by atoms with Crippen molar-refractivity contribution in [3.05, 3.63) is 0 Å². The zero-order valence-corrected chi connectivity index (χ0v) is 13.4. The molecular weight excluding hydrogens is 244 g/mol. The third kappa shape index (κ3) is 4.46. The van der Waals surface area contributed by atoms with E-state index >= 15 is 0 Å². The quantitative estimate of drug-likeness (QED) is 0.772. The van der Waals surface area contributed by atoms with Gasteiger partial charge in [-0.25, -0.2) is 0 Å². The van der Waals surface area contributed by atoms with Gasteiger partial charge in [-0.2, -0.15) is 0 Å². The van der Waals surface area contributed by atoms with E-state index in [-0.39, 0.29) is 0 Å². The third-order valence-corrected chi connectivity index (χ3v) is 5.82. The van der Waals surface area contributed by atoms with Gasteiger partial charge >= 0.3 is 0 Å². The summed E-state index contributed by atoms with van der Waals surface area (Å²) in [7, 11) is 0. The van der Waals surface area contributed by atoms with Crippen LogP contribution in [-0.4, -0.2) is 49.1 Å². The van der Waals surface area contributed by atoms with Crippen molar-refractivity contribution in [3.8, 4) is 0 Å². The van der Waals surface area contributed by atoms with Gasteiger partial charge in [0.05, 0.1) is 0 Å². The molecule has 1 aliphatic carbocycles. The van der Waals surface area contributed by atoms with Crippen LogP contribution in [0.3, 0.4) is 0 Å². The highest BCUT2D eigenvalue weighted by Gasteiger charge is 2.26. The summed E-state index contributed by atoms with van der Waals surface area (Å²) in [6.45, 7) is 8.36. The number of hydrogen-bond acceptors (Lipinski definition) is 2. The Morgan fingerprint density at radius 2 is 1.00 bits per heavy atom. The molecule has 0 amide bonds. The standard InChI is InChI=1S/C18H34N2/c1-3-10-19(11-4-1)15-17-8-7-9-18(14-17)16-20-12-5-2-6-13-20/h17-18H,1-16H2. The van der Waals surface area contributed by atoms with Crippen LogP contribution in [0, 0.1) is 11.8 Å². The molecule has 3 fully saturated rings. The van der Waals surface area contributed by atoms with Crippen LogP contribution in [0.2, 0.25) is 0 Å². The van der Waals surface area contributed by atoms with E-state index in [0.29, 0.717) is 0 Å². The average molecular weight is 278 g/mol. The predicted molar refractivity (Wildman–Crippen MR) is 86.0 cm³/mol. The summed E-state index contributed by atoms with van der Waals surface area (Å²) in [6, 6.07) is 0. The summed E-state index contributed by atoms with van der Waals surface area (Å²) >= 11 is 0. The lowest BCUT2D eigenvalue weighted by molar-refractivity contribution is 0.124. The first-order valence-electron chi connectivity index (χ1n) is 9.35. The summed E-state index contributed by atoms with van der Waals surface area (Å²) in [4.78, 5) is 5.52. The van der Waals surface area contributed by atoms with Gasteiger partial charge in [-0.1, -0.05) is 19.3 Å². The maximum atomic E-state index is 2.76. The van der Waals surface area contributed by atoms with E-state index in [9.17, 15) is 0 Å². The van der Waals surface area contributed by atoms with Gasteiger partial charge in [0.2, 0.25) is 0 Å².